The summed E-state index contributed by atoms with van der Waals surface area (Å²) >= 11 is 6.11. The Morgan fingerprint density at radius 3 is 2.70 bits per heavy atom. The molecule has 1 aliphatic heterocycles. The van der Waals surface area contributed by atoms with Crippen molar-refractivity contribution in [1.82, 2.24) is 0 Å². The number of fused-ring (bicyclic) bond motifs is 1. The molecule has 2 nitrogen and oxygen atoms in total. The normalized spacial score (nSPS) is 12.9. The van der Waals surface area contributed by atoms with Crippen LogP contribution in [0.15, 0.2) is 30.3 Å². The Balaban J connectivity index is 2.09. The van der Waals surface area contributed by atoms with Crippen LogP contribution in [-0.4, -0.2) is 12.4 Å². The third-order valence-corrected chi connectivity index (χ3v) is 3.98. The number of benzene rings is 2. The maximum atomic E-state index is 12.7. The molecule has 0 radical (unpaired) electrons. The zero-order valence-corrected chi connectivity index (χ0v) is 12.3. The molecule has 0 fully saturated rings. The van der Waals surface area contributed by atoms with Gasteiger partial charge in [-0.1, -0.05) is 23.7 Å². The number of hydrogen-bond acceptors (Lipinski definition) is 2. The maximum Gasteiger partial charge on any atom is 0.196 e. The van der Waals surface area contributed by atoms with Gasteiger partial charge in [-0.25, -0.2) is 0 Å². The van der Waals surface area contributed by atoms with Crippen LogP contribution in [-0.2, 0) is 6.42 Å². The predicted molar refractivity (Wildman–Crippen MR) is 80.0 cm³/mol. The molecule has 3 rings (SSSR count). The van der Waals surface area contributed by atoms with Gasteiger partial charge in [-0.05, 0) is 48.7 Å². The number of aryl methyl sites for hydroxylation is 2. The summed E-state index contributed by atoms with van der Waals surface area (Å²) in [6.45, 7) is 4.65. The number of halogens is 1. The number of carbonyl (C=O) groups is 1. The summed E-state index contributed by atoms with van der Waals surface area (Å²) in [6.07, 6.45) is 0.809. The number of carbonyl (C=O) groups excluding carboxylic acids is 1. The molecule has 1 aliphatic rings. The van der Waals surface area contributed by atoms with Gasteiger partial charge in [0.15, 0.2) is 5.78 Å². The second-order valence-corrected chi connectivity index (χ2v) is 5.60. The summed E-state index contributed by atoms with van der Waals surface area (Å²) < 4.78 is 5.60. The third kappa shape index (κ3) is 2.20. The lowest BCUT2D eigenvalue weighted by molar-refractivity contribution is 0.103. The van der Waals surface area contributed by atoms with E-state index in [1.807, 2.05) is 38.1 Å². The van der Waals surface area contributed by atoms with Gasteiger partial charge < -0.3 is 4.74 Å². The van der Waals surface area contributed by atoms with Gasteiger partial charge in [0.1, 0.15) is 5.75 Å². The van der Waals surface area contributed by atoms with Gasteiger partial charge in [-0.2, -0.15) is 0 Å². The Labute approximate surface area is 123 Å². The molecule has 0 saturated carbocycles. The van der Waals surface area contributed by atoms with Gasteiger partial charge in [-0.15, -0.1) is 0 Å². The topological polar surface area (TPSA) is 26.3 Å². The lowest BCUT2D eigenvalue weighted by Gasteiger charge is -2.09. The van der Waals surface area contributed by atoms with Gasteiger partial charge >= 0.3 is 0 Å². The molecule has 0 spiro atoms. The molecule has 2 aromatic rings. The standard InChI is InChI=1S/C17H15ClO2/c1-10-3-4-12(7-11(10)2)16(19)15-9-14(18)8-13-5-6-20-17(13)15/h3-4,7-9H,5-6H2,1-2H3. The first-order valence-electron chi connectivity index (χ1n) is 6.63. The van der Waals surface area contributed by atoms with E-state index in [0.29, 0.717) is 28.5 Å². The Kier molecular flexibility index (Phi) is 3.27. The summed E-state index contributed by atoms with van der Waals surface area (Å²) in [7, 11) is 0. The first kappa shape index (κ1) is 13.2. The quantitative estimate of drug-likeness (QED) is 0.776. The zero-order valence-electron chi connectivity index (χ0n) is 11.5. The fourth-order valence-corrected chi connectivity index (χ4v) is 2.72. The highest BCUT2D eigenvalue weighted by Crippen LogP contribution is 2.34. The van der Waals surface area contributed by atoms with Crippen LogP contribution in [0.25, 0.3) is 0 Å². The van der Waals surface area contributed by atoms with E-state index in [0.717, 1.165) is 17.5 Å². The van der Waals surface area contributed by atoms with Gasteiger partial charge in [0, 0.05) is 17.0 Å². The Morgan fingerprint density at radius 2 is 1.95 bits per heavy atom. The summed E-state index contributed by atoms with van der Waals surface area (Å²) in [6, 6.07) is 9.31. The maximum absolute atomic E-state index is 12.7. The predicted octanol–water partition coefficient (Wildman–Crippen LogP) is 4.12. The van der Waals surface area contributed by atoms with Crippen LogP contribution in [0.4, 0.5) is 0 Å². The van der Waals surface area contributed by atoms with E-state index in [1.54, 1.807) is 6.07 Å². The van der Waals surface area contributed by atoms with Crippen LogP contribution in [0.1, 0.15) is 32.6 Å². The molecule has 20 heavy (non-hydrogen) atoms. The Morgan fingerprint density at radius 1 is 1.15 bits per heavy atom. The molecule has 102 valence electrons. The molecule has 0 N–H and O–H groups in total. The number of hydrogen-bond donors (Lipinski definition) is 0. The number of rotatable bonds is 2. The van der Waals surface area contributed by atoms with Crippen LogP contribution >= 0.6 is 11.6 Å². The van der Waals surface area contributed by atoms with E-state index in [1.165, 1.54) is 5.56 Å². The molecule has 0 bridgehead atoms. The van der Waals surface area contributed by atoms with Crippen molar-refractivity contribution < 1.29 is 9.53 Å². The molecule has 0 amide bonds. The van der Waals surface area contributed by atoms with Crippen molar-refractivity contribution in [1.29, 1.82) is 0 Å². The first-order chi connectivity index (χ1) is 9.56. The highest BCUT2D eigenvalue weighted by atomic mass is 35.5. The smallest absolute Gasteiger partial charge is 0.196 e. The van der Waals surface area contributed by atoms with Crippen molar-refractivity contribution in [2.75, 3.05) is 6.61 Å². The summed E-state index contributed by atoms with van der Waals surface area (Å²) in [5.41, 5.74) is 4.54. The van der Waals surface area contributed by atoms with E-state index in [4.69, 9.17) is 16.3 Å². The lowest BCUT2D eigenvalue weighted by Crippen LogP contribution is -2.04. The van der Waals surface area contributed by atoms with Crippen molar-refractivity contribution >= 4 is 17.4 Å². The number of ketones is 1. The van der Waals surface area contributed by atoms with E-state index in [-0.39, 0.29) is 5.78 Å². The van der Waals surface area contributed by atoms with Crippen molar-refractivity contribution in [3.63, 3.8) is 0 Å². The molecule has 2 aromatic carbocycles. The van der Waals surface area contributed by atoms with Crippen LogP contribution in [0.3, 0.4) is 0 Å². The monoisotopic (exact) mass is 286 g/mol. The van der Waals surface area contributed by atoms with Crippen LogP contribution < -0.4 is 4.74 Å². The third-order valence-electron chi connectivity index (χ3n) is 3.76. The lowest BCUT2D eigenvalue weighted by atomic mass is 9.97. The minimum Gasteiger partial charge on any atom is -0.492 e. The van der Waals surface area contributed by atoms with Crippen LogP contribution in [0.2, 0.25) is 5.02 Å². The van der Waals surface area contributed by atoms with Crippen molar-refractivity contribution in [3.05, 3.63) is 63.2 Å². The van der Waals surface area contributed by atoms with E-state index >= 15 is 0 Å². The number of ether oxygens (including phenoxy) is 1. The second-order valence-electron chi connectivity index (χ2n) is 5.17. The molecule has 0 unspecified atom stereocenters. The van der Waals surface area contributed by atoms with Gasteiger partial charge in [0.25, 0.3) is 0 Å². The fraction of sp³-hybridized carbons (Fsp3) is 0.235. The summed E-state index contributed by atoms with van der Waals surface area (Å²) in [4.78, 5) is 12.7. The largest absolute Gasteiger partial charge is 0.492 e. The van der Waals surface area contributed by atoms with Gasteiger partial charge in [0.2, 0.25) is 0 Å². The van der Waals surface area contributed by atoms with Crippen molar-refractivity contribution in [3.8, 4) is 5.75 Å². The molecular weight excluding hydrogens is 272 g/mol. The highest BCUT2D eigenvalue weighted by molar-refractivity contribution is 6.31. The van der Waals surface area contributed by atoms with Gasteiger partial charge in [-0.3, -0.25) is 4.79 Å². The molecule has 0 aliphatic carbocycles. The van der Waals surface area contributed by atoms with Gasteiger partial charge in [0.05, 0.1) is 12.2 Å². The minimum atomic E-state index is -0.0336. The average Bonchev–Trinajstić information content (AvgIpc) is 2.88. The van der Waals surface area contributed by atoms with E-state index < -0.39 is 0 Å². The van der Waals surface area contributed by atoms with Crippen LogP contribution in [0, 0.1) is 13.8 Å². The SMILES string of the molecule is Cc1ccc(C(=O)c2cc(Cl)cc3c2OCC3)cc1C. The Hall–Kier alpha value is -1.80. The molecular formula is C17H15ClO2. The van der Waals surface area contributed by atoms with Crippen LogP contribution in [0.5, 0.6) is 5.75 Å². The molecule has 0 atom stereocenters. The first-order valence-corrected chi connectivity index (χ1v) is 7.01. The van der Waals surface area contributed by atoms with Crippen molar-refractivity contribution in [2.24, 2.45) is 0 Å². The van der Waals surface area contributed by atoms with E-state index in [2.05, 4.69) is 0 Å². The van der Waals surface area contributed by atoms with E-state index in [9.17, 15) is 4.79 Å². The second kappa shape index (κ2) is 4.95. The Bertz CT molecular complexity index is 704. The molecule has 0 aromatic heterocycles. The molecule has 1 heterocycles. The molecule has 3 heteroatoms. The highest BCUT2D eigenvalue weighted by Gasteiger charge is 2.23. The zero-order chi connectivity index (χ0) is 14.3. The summed E-state index contributed by atoms with van der Waals surface area (Å²) in [5.74, 6) is 0.659. The summed E-state index contributed by atoms with van der Waals surface area (Å²) in [5, 5.41) is 0.585. The average molecular weight is 287 g/mol. The fourth-order valence-electron chi connectivity index (χ4n) is 2.48. The van der Waals surface area contributed by atoms with Crippen molar-refractivity contribution in [2.45, 2.75) is 20.3 Å². The minimum absolute atomic E-state index is 0.0336. The molecule has 0 saturated heterocycles.